The van der Waals surface area contributed by atoms with Crippen LogP contribution in [0.1, 0.15) is 91.3 Å². The van der Waals surface area contributed by atoms with Gasteiger partial charge in [0.1, 0.15) is 17.2 Å². The second-order valence-electron chi connectivity index (χ2n) is 9.52. The van der Waals surface area contributed by atoms with Crippen molar-refractivity contribution in [3.8, 4) is 17.2 Å². The van der Waals surface area contributed by atoms with E-state index in [1.165, 1.54) is 5.56 Å². The minimum absolute atomic E-state index is 0.0242. The highest BCUT2D eigenvalue weighted by Gasteiger charge is 2.27. The second kappa shape index (κ2) is 9.76. The number of phenolic OH excluding ortho intramolecular Hbond substituents is 1. The van der Waals surface area contributed by atoms with Crippen molar-refractivity contribution in [1.29, 1.82) is 0 Å². The molecule has 0 aliphatic heterocycles. The van der Waals surface area contributed by atoms with Crippen LogP contribution in [-0.4, -0.2) is 11.0 Å². The number of aryl methyl sites for hydroxylation is 1. The summed E-state index contributed by atoms with van der Waals surface area (Å²) in [5.74, 6) is 1.27. The van der Waals surface area contributed by atoms with Gasteiger partial charge in [-0.1, -0.05) is 67.5 Å². The van der Waals surface area contributed by atoms with E-state index in [0.29, 0.717) is 24.3 Å². The molecule has 2 aromatic rings. The van der Waals surface area contributed by atoms with Crippen LogP contribution >= 0.6 is 0 Å². The van der Waals surface area contributed by atoms with Gasteiger partial charge in [-0.05, 0) is 53.4 Å². The third-order valence-corrected chi connectivity index (χ3v) is 6.62. The summed E-state index contributed by atoms with van der Waals surface area (Å²) in [6.45, 7) is 17.2. The Morgan fingerprint density at radius 1 is 0.968 bits per heavy atom. The third kappa shape index (κ3) is 5.61. The van der Waals surface area contributed by atoms with Crippen molar-refractivity contribution in [2.45, 2.75) is 91.9 Å². The number of aromatic hydroxyl groups is 1. The molecule has 0 fully saturated rings. The van der Waals surface area contributed by atoms with Crippen LogP contribution in [0.25, 0.3) is 0 Å². The molecule has 31 heavy (non-hydrogen) atoms. The van der Waals surface area contributed by atoms with E-state index in [1.54, 1.807) is 13.0 Å². The molecule has 4 heteroatoms. The molecule has 0 spiro atoms. The summed E-state index contributed by atoms with van der Waals surface area (Å²) in [7, 11) is 0. The predicted octanol–water partition coefficient (Wildman–Crippen LogP) is 7.47. The molecule has 2 N–H and O–H groups in total. The van der Waals surface area contributed by atoms with Gasteiger partial charge in [-0.15, -0.1) is 0 Å². The Morgan fingerprint density at radius 3 is 2.16 bits per heavy atom. The van der Waals surface area contributed by atoms with E-state index in [0.717, 1.165) is 29.7 Å². The standard InChI is InChI=1S/C27H39NO3/c1-9-18-15-20(17-22(29)25(18)28-24(30)10-2)31-23-14-13-19(26(5,6)11-3)16-21(23)27(7,8)12-4/h13-17,29H,9-12H2,1-8H3,(H,28,30). The normalized spacial score (nSPS) is 12.0. The first-order chi connectivity index (χ1) is 14.5. The Kier molecular flexibility index (Phi) is 7.80. The van der Waals surface area contributed by atoms with Gasteiger partial charge in [0.25, 0.3) is 0 Å². The number of carbonyl (C=O) groups excluding carboxylic acids is 1. The summed E-state index contributed by atoms with van der Waals surface area (Å²) < 4.78 is 6.34. The number of amides is 1. The highest BCUT2D eigenvalue weighted by Crippen LogP contribution is 2.41. The maximum absolute atomic E-state index is 11.8. The molecule has 2 rings (SSSR count). The molecule has 0 bridgehead atoms. The lowest BCUT2D eigenvalue weighted by atomic mass is 9.76. The van der Waals surface area contributed by atoms with Gasteiger partial charge in [-0.3, -0.25) is 4.79 Å². The van der Waals surface area contributed by atoms with Crippen molar-refractivity contribution in [2.75, 3.05) is 5.32 Å². The van der Waals surface area contributed by atoms with Gasteiger partial charge in [-0.25, -0.2) is 0 Å². The number of carbonyl (C=O) groups is 1. The Morgan fingerprint density at radius 2 is 1.61 bits per heavy atom. The molecule has 0 aliphatic rings. The summed E-state index contributed by atoms with van der Waals surface area (Å²) in [6, 6.07) is 9.95. The second-order valence-corrected chi connectivity index (χ2v) is 9.52. The molecule has 0 saturated carbocycles. The number of hydrogen-bond acceptors (Lipinski definition) is 3. The molecular weight excluding hydrogens is 386 g/mol. The SMILES string of the molecule is CCC(=O)Nc1c(O)cc(Oc2ccc(C(C)(C)CC)cc2C(C)(C)CC)cc1CC. The molecule has 0 aromatic heterocycles. The van der Waals surface area contributed by atoms with Gasteiger partial charge < -0.3 is 15.2 Å². The van der Waals surface area contributed by atoms with Crippen molar-refractivity contribution in [3.63, 3.8) is 0 Å². The molecule has 0 atom stereocenters. The summed E-state index contributed by atoms with van der Waals surface area (Å²) in [5, 5.41) is 13.4. The van der Waals surface area contributed by atoms with Gasteiger partial charge in [0.05, 0.1) is 5.69 Å². The Labute approximate surface area is 188 Å². The molecule has 0 aliphatic carbocycles. The van der Waals surface area contributed by atoms with E-state index in [2.05, 4.69) is 65.1 Å². The lowest BCUT2D eigenvalue weighted by Crippen LogP contribution is -2.20. The summed E-state index contributed by atoms with van der Waals surface area (Å²) in [4.78, 5) is 11.8. The van der Waals surface area contributed by atoms with Gasteiger partial charge in [0, 0.05) is 18.1 Å². The fourth-order valence-electron chi connectivity index (χ4n) is 3.46. The largest absolute Gasteiger partial charge is 0.506 e. The number of hydrogen-bond donors (Lipinski definition) is 2. The molecular formula is C27H39NO3. The Hall–Kier alpha value is -2.49. The molecule has 4 nitrogen and oxygen atoms in total. The quantitative estimate of drug-likeness (QED) is 0.410. The third-order valence-electron chi connectivity index (χ3n) is 6.62. The highest BCUT2D eigenvalue weighted by atomic mass is 16.5. The predicted molar refractivity (Wildman–Crippen MR) is 130 cm³/mol. The minimum atomic E-state index is -0.125. The number of anilines is 1. The molecule has 0 heterocycles. The van der Waals surface area contributed by atoms with Crippen LogP contribution in [0, 0.1) is 0 Å². The Bertz CT molecular complexity index is 928. The first kappa shape index (κ1) is 24.8. The van der Waals surface area contributed by atoms with E-state index >= 15 is 0 Å². The van der Waals surface area contributed by atoms with Crippen molar-refractivity contribution in [3.05, 3.63) is 47.0 Å². The van der Waals surface area contributed by atoms with Gasteiger partial charge in [0.2, 0.25) is 5.91 Å². The molecule has 170 valence electrons. The van der Waals surface area contributed by atoms with Gasteiger partial charge >= 0.3 is 0 Å². The van der Waals surface area contributed by atoms with Crippen molar-refractivity contribution in [1.82, 2.24) is 0 Å². The van der Waals surface area contributed by atoms with Gasteiger partial charge in [-0.2, -0.15) is 0 Å². The Balaban J connectivity index is 2.52. The first-order valence-corrected chi connectivity index (χ1v) is 11.5. The van der Waals surface area contributed by atoms with E-state index in [1.807, 2.05) is 13.0 Å². The van der Waals surface area contributed by atoms with E-state index in [9.17, 15) is 9.90 Å². The van der Waals surface area contributed by atoms with Crippen molar-refractivity contribution < 1.29 is 14.6 Å². The minimum Gasteiger partial charge on any atom is -0.506 e. The summed E-state index contributed by atoms with van der Waals surface area (Å²) in [6.07, 6.45) is 3.06. The average Bonchev–Trinajstić information content (AvgIpc) is 2.75. The zero-order chi connectivity index (χ0) is 23.4. The summed E-state index contributed by atoms with van der Waals surface area (Å²) in [5.41, 5.74) is 3.81. The fourth-order valence-corrected chi connectivity index (χ4v) is 3.46. The van der Waals surface area contributed by atoms with Crippen LogP contribution in [0.15, 0.2) is 30.3 Å². The molecule has 0 saturated heterocycles. The van der Waals surface area contributed by atoms with Crippen LogP contribution in [0.4, 0.5) is 5.69 Å². The van der Waals surface area contributed by atoms with Crippen LogP contribution in [0.5, 0.6) is 17.2 Å². The number of nitrogens with one attached hydrogen (secondary N) is 1. The van der Waals surface area contributed by atoms with Crippen LogP contribution in [-0.2, 0) is 22.0 Å². The van der Waals surface area contributed by atoms with E-state index in [4.69, 9.17) is 4.74 Å². The van der Waals surface area contributed by atoms with Crippen LogP contribution < -0.4 is 10.1 Å². The molecule has 0 unspecified atom stereocenters. The maximum Gasteiger partial charge on any atom is 0.224 e. The highest BCUT2D eigenvalue weighted by molar-refractivity contribution is 5.93. The number of phenols is 1. The van der Waals surface area contributed by atoms with Gasteiger partial charge in [0.15, 0.2) is 0 Å². The molecule has 1 amide bonds. The fraction of sp³-hybridized carbons (Fsp3) is 0.519. The van der Waals surface area contributed by atoms with Crippen LogP contribution in [0.2, 0.25) is 0 Å². The monoisotopic (exact) mass is 425 g/mol. The van der Waals surface area contributed by atoms with Crippen molar-refractivity contribution in [2.24, 2.45) is 0 Å². The van der Waals surface area contributed by atoms with Crippen LogP contribution in [0.3, 0.4) is 0 Å². The smallest absolute Gasteiger partial charge is 0.224 e. The maximum atomic E-state index is 11.8. The molecule has 0 radical (unpaired) electrons. The van der Waals surface area contributed by atoms with Crippen molar-refractivity contribution >= 4 is 11.6 Å². The van der Waals surface area contributed by atoms with E-state index < -0.39 is 0 Å². The lowest BCUT2D eigenvalue weighted by molar-refractivity contribution is -0.115. The number of rotatable bonds is 9. The number of benzene rings is 2. The van der Waals surface area contributed by atoms with E-state index in [-0.39, 0.29) is 22.5 Å². The zero-order valence-corrected chi connectivity index (χ0v) is 20.5. The zero-order valence-electron chi connectivity index (χ0n) is 20.5. The number of ether oxygens (including phenoxy) is 1. The summed E-state index contributed by atoms with van der Waals surface area (Å²) >= 11 is 0. The topological polar surface area (TPSA) is 58.6 Å². The molecule has 2 aromatic carbocycles. The average molecular weight is 426 g/mol. The lowest BCUT2D eigenvalue weighted by Gasteiger charge is -2.30. The first-order valence-electron chi connectivity index (χ1n) is 11.5.